The van der Waals surface area contributed by atoms with E-state index in [0.717, 1.165) is 0 Å². The maximum absolute atomic E-state index is 10.3. The zero-order valence-electron chi connectivity index (χ0n) is 4.13. The maximum Gasteiger partial charge on any atom is 0.355 e. The van der Waals surface area contributed by atoms with Crippen LogP contribution in [0.2, 0.25) is 0 Å². The summed E-state index contributed by atoms with van der Waals surface area (Å²) in [7, 11) is 0. The Bertz CT molecular complexity index is 152. The molecule has 0 aliphatic carbocycles. The summed E-state index contributed by atoms with van der Waals surface area (Å²) < 4.78 is 4.39. The van der Waals surface area contributed by atoms with Crippen LogP contribution in [0.15, 0.2) is 11.8 Å². The van der Waals surface area contributed by atoms with Gasteiger partial charge in [-0.2, -0.15) is 0 Å². The molecule has 44 valence electrons. The standard InChI is InChI=1S/C4H6N2O2/c5-2-1-3(6)8-4(2)7/h1,3H,5-6H2. The van der Waals surface area contributed by atoms with Crippen LogP contribution in [0.25, 0.3) is 0 Å². The van der Waals surface area contributed by atoms with Gasteiger partial charge in [0.1, 0.15) is 5.70 Å². The first-order valence-electron chi connectivity index (χ1n) is 2.14. The Balaban J connectivity index is 2.73. The summed E-state index contributed by atoms with van der Waals surface area (Å²) in [5, 5.41) is 0. The van der Waals surface area contributed by atoms with E-state index in [-0.39, 0.29) is 5.70 Å². The van der Waals surface area contributed by atoms with Crippen molar-refractivity contribution in [1.82, 2.24) is 0 Å². The van der Waals surface area contributed by atoms with Gasteiger partial charge in [0, 0.05) is 6.08 Å². The topological polar surface area (TPSA) is 78.3 Å². The summed E-state index contributed by atoms with van der Waals surface area (Å²) >= 11 is 0. The monoisotopic (exact) mass is 114 g/mol. The summed E-state index contributed by atoms with van der Waals surface area (Å²) in [6.45, 7) is 0. The van der Waals surface area contributed by atoms with Crippen LogP contribution < -0.4 is 11.5 Å². The van der Waals surface area contributed by atoms with Gasteiger partial charge in [-0.25, -0.2) is 4.79 Å². The van der Waals surface area contributed by atoms with Gasteiger partial charge in [-0.1, -0.05) is 0 Å². The molecule has 4 N–H and O–H groups in total. The predicted octanol–water partition coefficient (Wildman–Crippen LogP) is -1.33. The van der Waals surface area contributed by atoms with Crippen molar-refractivity contribution in [3.63, 3.8) is 0 Å². The quantitative estimate of drug-likeness (QED) is 0.382. The molecular formula is C4H6N2O2. The van der Waals surface area contributed by atoms with E-state index in [4.69, 9.17) is 11.5 Å². The Morgan fingerprint density at radius 1 is 1.75 bits per heavy atom. The second-order valence-corrected chi connectivity index (χ2v) is 1.49. The SMILES string of the molecule is NC1=CC(N)OC1=O. The first-order valence-corrected chi connectivity index (χ1v) is 2.14. The van der Waals surface area contributed by atoms with E-state index in [1.54, 1.807) is 0 Å². The molecule has 1 aliphatic heterocycles. The Hall–Kier alpha value is -1.03. The van der Waals surface area contributed by atoms with Gasteiger partial charge in [0.05, 0.1) is 0 Å². The fourth-order valence-electron chi connectivity index (χ4n) is 0.471. The molecule has 0 aromatic heterocycles. The average molecular weight is 114 g/mol. The molecule has 0 amide bonds. The van der Waals surface area contributed by atoms with Crippen molar-refractivity contribution < 1.29 is 9.53 Å². The van der Waals surface area contributed by atoms with Crippen molar-refractivity contribution in [3.8, 4) is 0 Å². The minimum absolute atomic E-state index is 0.0949. The van der Waals surface area contributed by atoms with E-state index >= 15 is 0 Å². The van der Waals surface area contributed by atoms with Crippen LogP contribution in [0.3, 0.4) is 0 Å². The number of ether oxygens (including phenoxy) is 1. The Kier molecular flexibility index (Phi) is 0.948. The fourth-order valence-corrected chi connectivity index (χ4v) is 0.471. The first-order chi connectivity index (χ1) is 3.70. The third-order valence-corrected chi connectivity index (χ3v) is 0.823. The molecule has 0 aromatic rings. The van der Waals surface area contributed by atoms with Crippen LogP contribution in [0.4, 0.5) is 0 Å². The largest absolute Gasteiger partial charge is 0.438 e. The summed E-state index contributed by atoms with van der Waals surface area (Å²) in [5.41, 5.74) is 10.3. The van der Waals surface area contributed by atoms with Gasteiger partial charge in [-0.15, -0.1) is 0 Å². The van der Waals surface area contributed by atoms with E-state index in [1.807, 2.05) is 0 Å². The molecule has 0 aromatic carbocycles. The number of esters is 1. The van der Waals surface area contributed by atoms with Crippen LogP contribution in [0.5, 0.6) is 0 Å². The number of hydrogen-bond acceptors (Lipinski definition) is 4. The van der Waals surface area contributed by atoms with Crippen molar-refractivity contribution in [1.29, 1.82) is 0 Å². The van der Waals surface area contributed by atoms with Gasteiger partial charge in [0.2, 0.25) is 0 Å². The van der Waals surface area contributed by atoms with Gasteiger partial charge in [0.25, 0.3) is 0 Å². The second kappa shape index (κ2) is 1.48. The van der Waals surface area contributed by atoms with Crippen LogP contribution in [-0.4, -0.2) is 12.2 Å². The van der Waals surface area contributed by atoms with Gasteiger partial charge in [-0.05, 0) is 0 Å². The Morgan fingerprint density at radius 2 is 2.38 bits per heavy atom. The molecule has 4 nitrogen and oxygen atoms in total. The number of nitrogens with two attached hydrogens (primary N) is 2. The summed E-state index contributed by atoms with van der Waals surface area (Å²) in [5.74, 6) is -0.530. The number of hydrogen-bond donors (Lipinski definition) is 2. The van der Waals surface area contributed by atoms with Gasteiger partial charge >= 0.3 is 5.97 Å². The van der Waals surface area contributed by atoms with Crippen molar-refractivity contribution in [2.45, 2.75) is 6.23 Å². The van der Waals surface area contributed by atoms with Crippen LogP contribution >= 0.6 is 0 Å². The average Bonchev–Trinajstić information content (AvgIpc) is 1.85. The van der Waals surface area contributed by atoms with Crippen molar-refractivity contribution in [2.24, 2.45) is 11.5 Å². The number of carbonyl (C=O) groups is 1. The molecule has 0 radical (unpaired) electrons. The molecule has 1 rings (SSSR count). The van der Waals surface area contributed by atoms with Crippen molar-refractivity contribution in [2.75, 3.05) is 0 Å². The number of rotatable bonds is 0. The highest BCUT2D eigenvalue weighted by atomic mass is 16.6. The number of carbonyl (C=O) groups excluding carboxylic acids is 1. The molecule has 1 atom stereocenters. The first kappa shape index (κ1) is 5.11. The van der Waals surface area contributed by atoms with E-state index in [0.29, 0.717) is 0 Å². The molecule has 0 bridgehead atoms. The maximum atomic E-state index is 10.3. The third-order valence-electron chi connectivity index (χ3n) is 0.823. The Morgan fingerprint density at radius 3 is 2.50 bits per heavy atom. The number of cyclic esters (lactones) is 1. The minimum Gasteiger partial charge on any atom is -0.438 e. The molecular weight excluding hydrogens is 108 g/mol. The highest BCUT2D eigenvalue weighted by Crippen LogP contribution is 2.02. The van der Waals surface area contributed by atoms with Crippen LogP contribution in [0, 0.1) is 0 Å². The fraction of sp³-hybridized carbons (Fsp3) is 0.250. The van der Waals surface area contributed by atoms with E-state index < -0.39 is 12.2 Å². The lowest BCUT2D eigenvalue weighted by atomic mass is 10.4. The molecule has 0 spiro atoms. The summed E-state index contributed by atoms with van der Waals surface area (Å²) in [4.78, 5) is 10.3. The van der Waals surface area contributed by atoms with Gasteiger partial charge in [0.15, 0.2) is 6.23 Å². The van der Waals surface area contributed by atoms with Crippen molar-refractivity contribution in [3.05, 3.63) is 11.8 Å². The lowest BCUT2D eigenvalue weighted by Crippen LogP contribution is -2.18. The smallest absolute Gasteiger partial charge is 0.355 e. The summed E-state index contributed by atoms with van der Waals surface area (Å²) in [6, 6.07) is 0. The molecule has 1 aliphatic rings. The van der Waals surface area contributed by atoms with Gasteiger partial charge in [-0.3, -0.25) is 5.73 Å². The molecule has 4 heteroatoms. The van der Waals surface area contributed by atoms with E-state index in [1.165, 1.54) is 6.08 Å². The highest BCUT2D eigenvalue weighted by molar-refractivity contribution is 5.89. The highest BCUT2D eigenvalue weighted by Gasteiger charge is 2.18. The van der Waals surface area contributed by atoms with Crippen LogP contribution in [0.1, 0.15) is 0 Å². The van der Waals surface area contributed by atoms with E-state index in [2.05, 4.69) is 4.74 Å². The van der Waals surface area contributed by atoms with E-state index in [9.17, 15) is 4.79 Å². The molecule has 0 saturated carbocycles. The normalized spacial score (nSPS) is 27.4. The molecule has 0 fully saturated rings. The zero-order valence-corrected chi connectivity index (χ0v) is 4.13. The lowest BCUT2D eigenvalue weighted by Gasteiger charge is -1.95. The molecule has 0 saturated heterocycles. The van der Waals surface area contributed by atoms with Crippen LogP contribution in [-0.2, 0) is 9.53 Å². The Labute approximate surface area is 46.1 Å². The molecule has 1 heterocycles. The third kappa shape index (κ3) is 0.651. The minimum atomic E-state index is -0.637. The zero-order chi connectivity index (χ0) is 6.15. The molecule has 1 unspecified atom stereocenters. The lowest BCUT2D eigenvalue weighted by molar-refractivity contribution is -0.139. The molecule has 8 heavy (non-hydrogen) atoms. The summed E-state index contributed by atoms with van der Waals surface area (Å²) in [6.07, 6.45) is 0.727. The predicted molar refractivity (Wildman–Crippen MR) is 26.3 cm³/mol. The second-order valence-electron chi connectivity index (χ2n) is 1.49. The van der Waals surface area contributed by atoms with Crippen molar-refractivity contribution >= 4 is 5.97 Å². The van der Waals surface area contributed by atoms with Gasteiger partial charge < -0.3 is 10.5 Å².